The van der Waals surface area contributed by atoms with Crippen molar-refractivity contribution in [2.24, 2.45) is 5.10 Å². The number of nitro benzene ring substituents is 1. The molecule has 0 aliphatic carbocycles. The number of sulfonamides is 1. The molecule has 0 heterocycles. The smallest absolute Gasteiger partial charge is 0.270 e. The van der Waals surface area contributed by atoms with Gasteiger partial charge in [-0.2, -0.15) is 5.10 Å². The number of ether oxygens (including phenoxy) is 1. The molecular weight excluding hydrogens is 510 g/mol. The molecule has 0 fully saturated rings. The van der Waals surface area contributed by atoms with Gasteiger partial charge in [-0.15, -0.1) is 0 Å². The van der Waals surface area contributed by atoms with Crippen LogP contribution in [0.2, 0.25) is 0 Å². The number of carbonyl (C=O) groups is 1. The monoisotopic (exact) mass is 539 g/mol. The Morgan fingerprint density at radius 2 is 1.68 bits per heavy atom. The molecule has 200 valence electrons. The number of carbonyl (C=O) groups excluding carboxylic acids is 1. The van der Waals surface area contributed by atoms with E-state index < -0.39 is 14.9 Å². The minimum absolute atomic E-state index is 0.0642. The highest BCUT2D eigenvalue weighted by Crippen LogP contribution is 2.29. The number of hydrogen-bond acceptors (Lipinski definition) is 8. The highest BCUT2D eigenvalue weighted by Gasteiger charge is 2.23. The minimum Gasteiger partial charge on any atom is -0.484 e. The van der Waals surface area contributed by atoms with E-state index in [0.29, 0.717) is 28.3 Å². The largest absolute Gasteiger partial charge is 0.484 e. The molecule has 0 aliphatic rings. The fourth-order valence-electron chi connectivity index (χ4n) is 3.34. The second-order valence-corrected chi connectivity index (χ2v) is 10.4. The number of non-ortho nitro benzene ring substituents is 1. The predicted molar refractivity (Wildman–Crippen MR) is 146 cm³/mol. The van der Waals surface area contributed by atoms with Gasteiger partial charge < -0.3 is 9.64 Å². The lowest BCUT2D eigenvalue weighted by atomic mass is 10.1. The quantitative estimate of drug-likeness (QED) is 0.222. The third-order valence-corrected chi connectivity index (χ3v) is 6.97. The van der Waals surface area contributed by atoms with Crippen LogP contribution in [0.15, 0.2) is 70.7 Å². The van der Waals surface area contributed by atoms with E-state index in [1.165, 1.54) is 17.0 Å². The zero-order valence-electron chi connectivity index (χ0n) is 21.7. The van der Waals surface area contributed by atoms with Gasteiger partial charge >= 0.3 is 0 Å². The average Bonchev–Trinajstić information content (AvgIpc) is 2.87. The molecule has 1 amide bonds. The molecule has 12 heteroatoms. The first-order valence-electron chi connectivity index (χ1n) is 11.5. The summed E-state index contributed by atoms with van der Waals surface area (Å²) in [6.07, 6.45) is 0. The lowest BCUT2D eigenvalue weighted by Crippen LogP contribution is -2.27. The Morgan fingerprint density at radius 3 is 2.29 bits per heavy atom. The average molecular weight is 540 g/mol. The van der Waals surface area contributed by atoms with Crippen molar-refractivity contribution in [2.75, 3.05) is 30.9 Å². The molecule has 11 nitrogen and oxygen atoms in total. The predicted octanol–water partition coefficient (Wildman–Crippen LogP) is 4.32. The molecule has 0 saturated carbocycles. The molecule has 0 aromatic heterocycles. The first-order chi connectivity index (χ1) is 17.9. The van der Waals surface area contributed by atoms with E-state index in [4.69, 9.17) is 4.74 Å². The molecule has 0 aliphatic heterocycles. The van der Waals surface area contributed by atoms with E-state index in [1.807, 2.05) is 13.0 Å². The Morgan fingerprint density at radius 1 is 1.03 bits per heavy atom. The lowest BCUT2D eigenvalue weighted by molar-refractivity contribution is -0.385. The summed E-state index contributed by atoms with van der Waals surface area (Å²) in [5.41, 5.74) is 5.68. The second-order valence-electron chi connectivity index (χ2n) is 8.77. The van der Waals surface area contributed by atoms with Crippen LogP contribution in [0.3, 0.4) is 0 Å². The van der Waals surface area contributed by atoms with Crippen molar-refractivity contribution in [3.8, 4) is 5.75 Å². The van der Waals surface area contributed by atoms with Crippen molar-refractivity contribution in [3.05, 3.63) is 87.5 Å². The summed E-state index contributed by atoms with van der Waals surface area (Å²) >= 11 is 0. The van der Waals surface area contributed by atoms with Gasteiger partial charge in [0, 0.05) is 26.2 Å². The molecule has 3 aromatic carbocycles. The second kappa shape index (κ2) is 11.7. The van der Waals surface area contributed by atoms with Gasteiger partial charge in [0.2, 0.25) is 0 Å². The van der Waals surface area contributed by atoms with E-state index in [9.17, 15) is 23.3 Å². The highest BCUT2D eigenvalue weighted by atomic mass is 32.2. The Hall–Kier alpha value is -4.45. The van der Waals surface area contributed by atoms with Crippen molar-refractivity contribution in [2.45, 2.75) is 25.7 Å². The van der Waals surface area contributed by atoms with E-state index >= 15 is 0 Å². The third-order valence-electron chi connectivity index (χ3n) is 5.57. The van der Waals surface area contributed by atoms with Gasteiger partial charge in [-0.1, -0.05) is 17.7 Å². The maximum absolute atomic E-state index is 13.3. The van der Waals surface area contributed by atoms with Gasteiger partial charge in [0.15, 0.2) is 6.61 Å². The van der Waals surface area contributed by atoms with Crippen LogP contribution in [0.25, 0.3) is 0 Å². The van der Waals surface area contributed by atoms with Crippen molar-refractivity contribution >= 4 is 38.7 Å². The molecule has 38 heavy (non-hydrogen) atoms. The lowest BCUT2D eigenvalue weighted by Gasteiger charge is -2.14. The molecule has 2 N–H and O–H groups in total. The van der Waals surface area contributed by atoms with Crippen LogP contribution in [0.5, 0.6) is 5.75 Å². The number of hydrogen-bond donors (Lipinski definition) is 2. The zero-order chi connectivity index (χ0) is 28.0. The van der Waals surface area contributed by atoms with Crippen molar-refractivity contribution < 1.29 is 22.9 Å². The maximum atomic E-state index is 13.3. The molecule has 3 rings (SSSR count). The van der Waals surface area contributed by atoms with Gasteiger partial charge in [0.05, 0.1) is 22.0 Å². The van der Waals surface area contributed by atoms with Crippen LogP contribution in [0.1, 0.15) is 23.6 Å². The fraction of sp³-hybridized carbons (Fsp3) is 0.231. The number of benzene rings is 3. The van der Waals surface area contributed by atoms with Gasteiger partial charge in [-0.25, -0.2) is 8.42 Å². The summed E-state index contributed by atoms with van der Waals surface area (Å²) < 4.78 is 34.5. The molecular formula is C26H29N5O6S. The summed E-state index contributed by atoms with van der Waals surface area (Å²) in [6, 6.07) is 15.6. The first-order valence-corrected chi connectivity index (χ1v) is 13.0. The fourth-order valence-corrected chi connectivity index (χ4v) is 4.65. The summed E-state index contributed by atoms with van der Waals surface area (Å²) in [6.45, 7) is 5.28. The van der Waals surface area contributed by atoms with Gasteiger partial charge in [-0.3, -0.25) is 25.1 Å². The van der Waals surface area contributed by atoms with Crippen LogP contribution in [0, 0.1) is 24.0 Å². The third kappa shape index (κ3) is 7.07. The highest BCUT2D eigenvalue weighted by molar-refractivity contribution is 7.92. The number of amides is 1. The number of likely N-dealkylation sites (N-methyl/N-ethyl adjacent to an activating group) is 1. The van der Waals surface area contributed by atoms with Crippen molar-refractivity contribution in [1.29, 1.82) is 0 Å². The standard InChI is InChI=1S/C26H29N5O6S/c1-17-6-12-23(18(2)14-17)29-38(35,36)25-15-21(31(33)34)9-13-24(25)28-27-19(3)20-7-10-22(11-8-20)37-16-26(32)30(4)5/h6-15,28-29H,16H2,1-5H3/b27-19+. The number of nitro groups is 1. The first kappa shape index (κ1) is 28.1. The number of aryl methyl sites for hydroxylation is 2. The molecule has 0 radical (unpaired) electrons. The summed E-state index contributed by atoms with van der Waals surface area (Å²) in [4.78, 5) is 23.5. The molecule has 0 bridgehead atoms. The Bertz CT molecular complexity index is 1480. The minimum atomic E-state index is -4.21. The van der Waals surface area contributed by atoms with Gasteiger partial charge in [0.25, 0.3) is 21.6 Å². The Kier molecular flexibility index (Phi) is 8.68. The summed E-state index contributed by atoms with van der Waals surface area (Å²) in [5, 5.41) is 15.6. The SMILES string of the molecule is C/C(=N\Nc1ccc([N+](=O)[O-])cc1S(=O)(=O)Nc1ccc(C)cc1C)c1ccc(OCC(=O)N(C)C)cc1. The molecule has 0 unspecified atom stereocenters. The molecule has 0 spiro atoms. The number of rotatable bonds is 10. The Balaban J connectivity index is 1.85. The van der Waals surface area contributed by atoms with Crippen LogP contribution < -0.4 is 14.9 Å². The van der Waals surface area contributed by atoms with Crippen molar-refractivity contribution in [3.63, 3.8) is 0 Å². The zero-order valence-corrected chi connectivity index (χ0v) is 22.5. The van der Waals surface area contributed by atoms with Crippen LogP contribution in [0.4, 0.5) is 17.1 Å². The molecule has 0 saturated heterocycles. The van der Waals surface area contributed by atoms with E-state index in [2.05, 4.69) is 15.2 Å². The van der Waals surface area contributed by atoms with E-state index in [1.54, 1.807) is 64.3 Å². The maximum Gasteiger partial charge on any atom is 0.270 e. The summed E-state index contributed by atoms with van der Waals surface area (Å²) in [7, 11) is -0.923. The van der Waals surface area contributed by atoms with Crippen LogP contribution in [-0.2, 0) is 14.8 Å². The molecule has 0 atom stereocenters. The van der Waals surface area contributed by atoms with Crippen molar-refractivity contribution in [1.82, 2.24) is 4.90 Å². The topological polar surface area (TPSA) is 143 Å². The van der Waals surface area contributed by atoms with Crippen LogP contribution in [-0.4, -0.2) is 50.6 Å². The van der Waals surface area contributed by atoms with Crippen LogP contribution >= 0.6 is 0 Å². The normalized spacial score (nSPS) is 11.6. The van der Waals surface area contributed by atoms with E-state index in [0.717, 1.165) is 11.6 Å². The number of anilines is 2. The Labute approximate surface area is 221 Å². The summed E-state index contributed by atoms with van der Waals surface area (Å²) in [5.74, 6) is 0.336. The van der Waals surface area contributed by atoms with Gasteiger partial charge in [0.1, 0.15) is 10.6 Å². The number of hydrazone groups is 1. The van der Waals surface area contributed by atoms with Gasteiger partial charge in [-0.05, 0) is 68.3 Å². The number of nitrogens with zero attached hydrogens (tertiary/aromatic N) is 3. The molecule has 3 aromatic rings. The van der Waals surface area contributed by atoms with E-state index in [-0.39, 0.29) is 28.8 Å². The number of nitrogens with one attached hydrogen (secondary N) is 2.